The Balaban J connectivity index is 1.97. The fraction of sp³-hybridized carbons (Fsp3) is 0.476. The number of piperidine rings is 1. The van der Waals surface area contributed by atoms with Gasteiger partial charge in [0.25, 0.3) is 5.56 Å². The van der Waals surface area contributed by atoms with Crippen LogP contribution in [0.5, 0.6) is 0 Å². The molecule has 1 fully saturated rings. The van der Waals surface area contributed by atoms with Crippen molar-refractivity contribution in [1.29, 1.82) is 0 Å². The highest BCUT2D eigenvalue weighted by atomic mass is 79.9. The van der Waals surface area contributed by atoms with E-state index in [9.17, 15) is 14.4 Å². The first-order valence-corrected chi connectivity index (χ1v) is 11.1. The zero-order chi connectivity index (χ0) is 22.5. The van der Waals surface area contributed by atoms with Crippen LogP contribution >= 0.6 is 15.9 Å². The maximum atomic E-state index is 13.2. The van der Waals surface area contributed by atoms with Crippen molar-refractivity contribution in [3.05, 3.63) is 49.1 Å². The van der Waals surface area contributed by atoms with Crippen molar-refractivity contribution in [1.82, 2.24) is 9.13 Å². The zero-order valence-electron chi connectivity index (χ0n) is 17.8. The molecular formula is C21H28BrN5O4. The lowest BCUT2D eigenvalue weighted by molar-refractivity contribution is -0.116. The van der Waals surface area contributed by atoms with E-state index in [1.165, 1.54) is 11.7 Å². The van der Waals surface area contributed by atoms with Crippen LogP contribution in [0, 0.1) is 6.92 Å². The maximum Gasteiger partial charge on any atom is 0.333 e. The van der Waals surface area contributed by atoms with Gasteiger partial charge in [-0.15, -0.1) is 0 Å². The van der Waals surface area contributed by atoms with Gasteiger partial charge in [-0.2, -0.15) is 0 Å². The second-order valence-electron chi connectivity index (χ2n) is 7.61. The Morgan fingerprint density at radius 2 is 1.90 bits per heavy atom. The summed E-state index contributed by atoms with van der Waals surface area (Å²) in [6.07, 6.45) is 2.97. The quantitative estimate of drug-likeness (QED) is 0.609. The average Bonchev–Trinajstić information content (AvgIpc) is 2.75. The second-order valence-corrected chi connectivity index (χ2v) is 8.47. The normalized spacial score (nSPS) is 14.0. The van der Waals surface area contributed by atoms with Crippen LogP contribution in [-0.4, -0.2) is 41.8 Å². The van der Waals surface area contributed by atoms with Crippen molar-refractivity contribution in [2.24, 2.45) is 0 Å². The summed E-state index contributed by atoms with van der Waals surface area (Å²) in [5.74, 6) is -0.351. The Labute approximate surface area is 188 Å². The van der Waals surface area contributed by atoms with E-state index in [-0.39, 0.29) is 24.7 Å². The third kappa shape index (κ3) is 5.19. The van der Waals surface area contributed by atoms with Gasteiger partial charge in [0.05, 0.1) is 13.2 Å². The summed E-state index contributed by atoms with van der Waals surface area (Å²) in [5.41, 5.74) is 6.97. The van der Waals surface area contributed by atoms with Gasteiger partial charge in [-0.05, 0) is 43.9 Å². The summed E-state index contributed by atoms with van der Waals surface area (Å²) < 4.78 is 8.21. The van der Waals surface area contributed by atoms with Crippen molar-refractivity contribution < 1.29 is 9.53 Å². The molecule has 1 saturated heterocycles. The minimum atomic E-state index is -0.624. The number of amides is 1. The molecule has 0 atom stereocenters. The number of carbonyl (C=O) groups excluding carboxylic acids is 1. The van der Waals surface area contributed by atoms with E-state index in [1.807, 2.05) is 17.9 Å². The monoisotopic (exact) mass is 493 g/mol. The minimum absolute atomic E-state index is 0.119. The van der Waals surface area contributed by atoms with Crippen LogP contribution in [0.3, 0.4) is 0 Å². The molecule has 9 nitrogen and oxygen atoms in total. The molecule has 1 aromatic carbocycles. The molecule has 2 heterocycles. The molecule has 1 amide bonds. The molecule has 0 radical (unpaired) electrons. The number of aryl methyl sites for hydroxylation is 1. The summed E-state index contributed by atoms with van der Waals surface area (Å²) in [6.45, 7) is 3.35. The minimum Gasteiger partial charge on any atom is -0.383 e. The van der Waals surface area contributed by atoms with Crippen LogP contribution in [0.25, 0.3) is 0 Å². The molecule has 31 heavy (non-hydrogen) atoms. The summed E-state index contributed by atoms with van der Waals surface area (Å²) in [7, 11) is 1.52. The van der Waals surface area contributed by atoms with Crippen molar-refractivity contribution >= 4 is 39.0 Å². The maximum absolute atomic E-state index is 13.2. The lowest BCUT2D eigenvalue weighted by atomic mass is 10.1. The summed E-state index contributed by atoms with van der Waals surface area (Å²) in [4.78, 5) is 40.8. The fourth-order valence-electron chi connectivity index (χ4n) is 3.67. The van der Waals surface area contributed by atoms with Gasteiger partial charge in [0.15, 0.2) is 0 Å². The molecule has 168 valence electrons. The number of rotatable bonds is 7. The number of hydrogen-bond acceptors (Lipinski definition) is 6. The molecule has 0 unspecified atom stereocenters. The Bertz CT molecular complexity index is 1070. The number of nitrogens with zero attached hydrogens (tertiary/aromatic N) is 3. The smallest absolute Gasteiger partial charge is 0.333 e. The molecule has 1 aromatic heterocycles. The number of anilines is 3. The van der Waals surface area contributed by atoms with Crippen LogP contribution in [-0.2, 0) is 22.6 Å². The lowest BCUT2D eigenvalue weighted by Gasteiger charge is -2.30. The predicted molar refractivity (Wildman–Crippen MR) is 125 cm³/mol. The summed E-state index contributed by atoms with van der Waals surface area (Å²) in [5, 5.41) is 2.74. The number of methoxy groups -OCH3 is 1. The average molecular weight is 494 g/mol. The second kappa shape index (κ2) is 10.1. The van der Waals surface area contributed by atoms with Crippen LogP contribution in [0.1, 0.15) is 24.8 Å². The van der Waals surface area contributed by atoms with Gasteiger partial charge in [-0.1, -0.05) is 22.0 Å². The highest BCUT2D eigenvalue weighted by Crippen LogP contribution is 2.22. The molecule has 0 spiro atoms. The number of nitrogen functional groups attached to an aromatic ring is 1. The molecule has 0 aliphatic carbocycles. The van der Waals surface area contributed by atoms with E-state index >= 15 is 0 Å². The van der Waals surface area contributed by atoms with Gasteiger partial charge in [-0.3, -0.25) is 14.2 Å². The van der Waals surface area contributed by atoms with E-state index < -0.39 is 23.7 Å². The van der Waals surface area contributed by atoms with E-state index in [4.69, 9.17) is 10.5 Å². The third-order valence-electron chi connectivity index (χ3n) is 5.39. The third-order valence-corrected chi connectivity index (χ3v) is 6.25. The van der Waals surface area contributed by atoms with Crippen LogP contribution in [0.4, 0.5) is 17.2 Å². The largest absolute Gasteiger partial charge is 0.383 e. The molecule has 1 aliphatic heterocycles. The van der Waals surface area contributed by atoms with Crippen LogP contribution in [0.2, 0.25) is 0 Å². The topological polar surface area (TPSA) is 112 Å². The number of ether oxygens (including phenoxy) is 1. The van der Waals surface area contributed by atoms with Crippen LogP contribution < -0.4 is 27.2 Å². The number of nitrogens with one attached hydrogen (secondary N) is 1. The van der Waals surface area contributed by atoms with Crippen molar-refractivity contribution in [3.8, 4) is 0 Å². The van der Waals surface area contributed by atoms with Gasteiger partial charge in [0, 0.05) is 30.4 Å². The van der Waals surface area contributed by atoms with Crippen molar-refractivity contribution in [3.63, 3.8) is 0 Å². The Hall–Kier alpha value is -2.59. The molecule has 1 aliphatic rings. The van der Waals surface area contributed by atoms with E-state index in [0.29, 0.717) is 18.8 Å². The highest BCUT2D eigenvalue weighted by molar-refractivity contribution is 9.10. The molecule has 10 heteroatoms. The first kappa shape index (κ1) is 23.1. The molecule has 2 aromatic rings. The molecule has 3 N–H and O–H groups in total. The molecular weight excluding hydrogens is 466 g/mol. The summed E-state index contributed by atoms with van der Waals surface area (Å²) >= 11 is 3.43. The van der Waals surface area contributed by atoms with Gasteiger partial charge in [-0.25, -0.2) is 9.36 Å². The number of benzene rings is 1. The molecule has 0 bridgehead atoms. The fourth-order valence-corrected chi connectivity index (χ4v) is 4.05. The van der Waals surface area contributed by atoms with Crippen LogP contribution in [0.15, 0.2) is 32.3 Å². The van der Waals surface area contributed by atoms with Gasteiger partial charge >= 0.3 is 5.69 Å². The Morgan fingerprint density at radius 1 is 1.19 bits per heavy atom. The Kier molecular flexibility index (Phi) is 7.55. The first-order chi connectivity index (χ1) is 14.8. The first-order valence-electron chi connectivity index (χ1n) is 10.3. The summed E-state index contributed by atoms with van der Waals surface area (Å²) in [6, 6.07) is 5.40. The number of nitrogens with two attached hydrogens (primary N) is 1. The van der Waals surface area contributed by atoms with Gasteiger partial charge in [0.1, 0.15) is 18.1 Å². The van der Waals surface area contributed by atoms with E-state index in [1.54, 1.807) is 12.1 Å². The highest BCUT2D eigenvalue weighted by Gasteiger charge is 2.24. The van der Waals surface area contributed by atoms with E-state index in [0.717, 1.165) is 33.9 Å². The van der Waals surface area contributed by atoms with Gasteiger partial charge < -0.3 is 20.7 Å². The predicted octanol–water partition coefficient (Wildman–Crippen LogP) is 1.94. The number of halogens is 1. The van der Waals surface area contributed by atoms with Crippen molar-refractivity contribution in [2.45, 2.75) is 39.3 Å². The van der Waals surface area contributed by atoms with Gasteiger partial charge in [0.2, 0.25) is 5.91 Å². The van der Waals surface area contributed by atoms with Crippen molar-refractivity contribution in [2.75, 3.05) is 42.8 Å². The number of hydrogen-bond donors (Lipinski definition) is 2. The SMILES string of the molecule is COCCn1c(N)c(N2CCCCC2)c(=O)n(CC(=O)Nc2ccc(C)c(Br)c2)c1=O. The molecule has 0 saturated carbocycles. The molecule has 3 rings (SSSR count). The Morgan fingerprint density at radius 3 is 2.55 bits per heavy atom. The zero-order valence-corrected chi connectivity index (χ0v) is 19.4. The number of carbonyl (C=O) groups is 1. The number of aromatic nitrogens is 2. The standard InChI is InChI=1S/C21H28BrN5O4/c1-14-6-7-15(12-16(14)22)24-17(28)13-27-20(29)18(25-8-4-3-5-9-25)19(23)26(21(27)30)10-11-31-2/h6-7,12H,3-5,8-11,13,23H2,1-2H3,(H,24,28). The van der Waals surface area contributed by atoms with E-state index in [2.05, 4.69) is 21.2 Å². The lowest BCUT2D eigenvalue weighted by Crippen LogP contribution is -2.47.